The van der Waals surface area contributed by atoms with Gasteiger partial charge in [0.2, 0.25) is 10.0 Å². The van der Waals surface area contributed by atoms with Crippen LogP contribution >= 0.6 is 11.6 Å². The standard InChI is InChI=1S/C32H41ClN2O5S/c1-31(2)14-4-3-7-28(36)25-11-8-23(25)18-35-19-32(15-5-6-21-16-24(33)10-12-26(21)32)20-40-29-13-9-22(17-27(29)35)30(37)34-41(31,38)39/h9-10,12-13,16-17,23,25,28,36H,3-8,11,14-15,18-20H2,1-2H3,(H,34,37)/t23-,25+,28-,32-/m0/s1. The first kappa shape index (κ1) is 28.8. The van der Waals surface area contributed by atoms with Crippen LogP contribution in [0.4, 0.5) is 5.69 Å². The van der Waals surface area contributed by atoms with E-state index in [1.807, 2.05) is 6.07 Å². The van der Waals surface area contributed by atoms with Gasteiger partial charge in [0.25, 0.3) is 5.91 Å². The summed E-state index contributed by atoms with van der Waals surface area (Å²) < 4.78 is 34.3. The Hall–Kier alpha value is -2.29. The van der Waals surface area contributed by atoms with Crippen LogP contribution in [0.15, 0.2) is 36.4 Å². The summed E-state index contributed by atoms with van der Waals surface area (Å²) in [5.41, 5.74) is 3.38. The Balaban J connectivity index is 1.42. The van der Waals surface area contributed by atoms with Crippen LogP contribution in [0.1, 0.15) is 86.7 Å². The minimum atomic E-state index is -3.93. The molecular weight excluding hydrogens is 560 g/mol. The molecule has 41 heavy (non-hydrogen) atoms. The van der Waals surface area contributed by atoms with E-state index in [2.05, 4.69) is 21.8 Å². The number of amides is 1. The number of nitrogens with one attached hydrogen (secondary N) is 1. The fourth-order valence-electron chi connectivity index (χ4n) is 7.44. The zero-order valence-corrected chi connectivity index (χ0v) is 25.6. The Bertz CT molecular complexity index is 1440. The molecule has 2 aromatic rings. The number of ether oxygens (including phenoxy) is 1. The summed E-state index contributed by atoms with van der Waals surface area (Å²) in [6.07, 6.45) is 7.14. The minimum Gasteiger partial charge on any atom is -0.490 e. The monoisotopic (exact) mass is 600 g/mol. The van der Waals surface area contributed by atoms with E-state index in [1.165, 1.54) is 11.1 Å². The molecule has 9 heteroatoms. The molecule has 2 aliphatic heterocycles. The summed E-state index contributed by atoms with van der Waals surface area (Å²) in [5, 5.41) is 11.9. The van der Waals surface area contributed by atoms with Crippen molar-refractivity contribution < 1.29 is 23.1 Å². The van der Waals surface area contributed by atoms with Crippen molar-refractivity contribution in [2.75, 3.05) is 24.6 Å². The van der Waals surface area contributed by atoms with Crippen molar-refractivity contribution in [2.45, 2.75) is 87.9 Å². The molecule has 1 saturated carbocycles. The first-order valence-electron chi connectivity index (χ1n) is 15.0. The van der Waals surface area contributed by atoms with Gasteiger partial charge in [-0.3, -0.25) is 4.79 Å². The predicted octanol–water partition coefficient (Wildman–Crippen LogP) is 5.61. The topological polar surface area (TPSA) is 95.9 Å². The summed E-state index contributed by atoms with van der Waals surface area (Å²) >= 11 is 6.38. The molecule has 2 aliphatic carbocycles. The Labute approximate surface area is 248 Å². The molecule has 0 unspecified atom stereocenters. The van der Waals surface area contributed by atoms with Crippen LogP contribution < -0.4 is 14.4 Å². The molecule has 0 saturated heterocycles. The summed E-state index contributed by atoms with van der Waals surface area (Å²) in [6, 6.07) is 11.4. The normalized spacial score (nSPS) is 31.1. The number of halogens is 1. The van der Waals surface area contributed by atoms with Gasteiger partial charge in [-0.05, 0) is 112 Å². The third-order valence-corrected chi connectivity index (χ3v) is 12.6. The fourth-order valence-corrected chi connectivity index (χ4v) is 8.68. The smallest absolute Gasteiger partial charge is 0.264 e. The Morgan fingerprint density at radius 1 is 1.05 bits per heavy atom. The number of carbonyl (C=O) groups is 1. The van der Waals surface area contributed by atoms with Crippen molar-refractivity contribution in [3.63, 3.8) is 0 Å². The molecule has 222 valence electrons. The molecule has 7 nitrogen and oxygen atoms in total. The van der Waals surface area contributed by atoms with Gasteiger partial charge in [0.05, 0.1) is 23.1 Å². The number of anilines is 1. The number of hydrogen-bond donors (Lipinski definition) is 2. The van der Waals surface area contributed by atoms with Crippen molar-refractivity contribution >= 4 is 33.2 Å². The molecule has 1 fully saturated rings. The lowest BCUT2D eigenvalue weighted by atomic mass is 9.68. The van der Waals surface area contributed by atoms with Gasteiger partial charge in [0.15, 0.2) is 0 Å². The number of carbonyl (C=O) groups excluding carboxylic acids is 1. The van der Waals surface area contributed by atoms with E-state index in [0.29, 0.717) is 49.6 Å². The van der Waals surface area contributed by atoms with E-state index >= 15 is 0 Å². The number of aliphatic hydroxyl groups is 1. The average molecular weight is 601 g/mol. The Morgan fingerprint density at radius 2 is 1.88 bits per heavy atom. The molecular formula is C32H41ClN2O5S. The maximum absolute atomic E-state index is 13.4. The lowest BCUT2D eigenvalue weighted by molar-refractivity contribution is 0.00896. The molecule has 2 N–H and O–H groups in total. The second-order valence-electron chi connectivity index (χ2n) is 13.3. The Morgan fingerprint density at radius 3 is 2.66 bits per heavy atom. The molecule has 6 rings (SSSR count). The van der Waals surface area contributed by atoms with Crippen LogP contribution in [-0.2, 0) is 21.9 Å². The number of aryl methyl sites for hydroxylation is 1. The third kappa shape index (κ3) is 5.36. The van der Waals surface area contributed by atoms with Gasteiger partial charge in [-0.25, -0.2) is 13.1 Å². The van der Waals surface area contributed by atoms with Crippen LogP contribution in [0.2, 0.25) is 5.02 Å². The van der Waals surface area contributed by atoms with E-state index in [0.717, 1.165) is 55.8 Å². The van der Waals surface area contributed by atoms with Crippen molar-refractivity contribution in [1.29, 1.82) is 0 Å². The molecule has 0 radical (unpaired) electrons. The molecule has 4 aliphatic rings. The average Bonchev–Trinajstić information content (AvgIpc) is 3.05. The lowest BCUT2D eigenvalue weighted by Crippen LogP contribution is -2.49. The highest BCUT2D eigenvalue weighted by atomic mass is 35.5. The third-order valence-electron chi connectivity index (χ3n) is 10.2. The maximum Gasteiger partial charge on any atom is 0.264 e. The first-order chi connectivity index (χ1) is 19.5. The van der Waals surface area contributed by atoms with Gasteiger partial charge >= 0.3 is 0 Å². The quantitative estimate of drug-likeness (QED) is 0.408. The summed E-state index contributed by atoms with van der Waals surface area (Å²) in [6.45, 7) is 5.29. The van der Waals surface area contributed by atoms with E-state index in [9.17, 15) is 18.3 Å². The van der Waals surface area contributed by atoms with Crippen molar-refractivity contribution in [3.8, 4) is 5.75 Å². The molecule has 0 aromatic heterocycles. The maximum atomic E-state index is 13.4. The van der Waals surface area contributed by atoms with E-state index in [-0.39, 0.29) is 11.3 Å². The minimum absolute atomic E-state index is 0.215. The molecule has 1 spiro atoms. The van der Waals surface area contributed by atoms with E-state index < -0.39 is 26.8 Å². The number of fused-ring (bicyclic) bond motifs is 4. The summed E-state index contributed by atoms with van der Waals surface area (Å²) in [5.74, 6) is 0.623. The zero-order chi connectivity index (χ0) is 29.0. The second-order valence-corrected chi connectivity index (χ2v) is 16.0. The van der Waals surface area contributed by atoms with Gasteiger partial charge in [-0.2, -0.15) is 0 Å². The second kappa shape index (κ2) is 10.8. The molecule has 1 amide bonds. The number of nitrogens with zero attached hydrogens (tertiary/aromatic N) is 1. The van der Waals surface area contributed by atoms with Crippen LogP contribution in [0.5, 0.6) is 5.75 Å². The number of benzene rings is 2. The number of sulfonamides is 1. The molecule has 4 atom stereocenters. The van der Waals surface area contributed by atoms with Gasteiger partial charge < -0.3 is 14.7 Å². The largest absolute Gasteiger partial charge is 0.490 e. The van der Waals surface area contributed by atoms with Crippen molar-refractivity contribution in [2.24, 2.45) is 11.8 Å². The fraction of sp³-hybridized carbons (Fsp3) is 0.594. The summed E-state index contributed by atoms with van der Waals surface area (Å²) in [7, 11) is -3.93. The van der Waals surface area contributed by atoms with Crippen LogP contribution in [-0.4, -0.2) is 50.0 Å². The van der Waals surface area contributed by atoms with Crippen molar-refractivity contribution in [3.05, 3.63) is 58.1 Å². The van der Waals surface area contributed by atoms with Crippen LogP contribution in [0.25, 0.3) is 0 Å². The molecule has 2 aromatic carbocycles. The zero-order valence-electron chi connectivity index (χ0n) is 24.0. The first-order valence-corrected chi connectivity index (χ1v) is 16.9. The summed E-state index contributed by atoms with van der Waals surface area (Å²) in [4.78, 5) is 15.7. The highest BCUT2D eigenvalue weighted by Gasteiger charge is 2.44. The van der Waals surface area contributed by atoms with E-state index in [4.69, 9.17) is 16.3 Å². The van der Waals surface area contributed by atoms with E-state index in [1.54, 1.807) is 32.0 Å². The Kier molecular flexibility index (Phi) is 7.56. The number of rotatable bonds is 0. The molecule has 2 bridgehead atoms. The van der Waals surface area contributed by atoms with Gasteiger partial charge in [0.1, 0.15) is 5.75 Å². The van der Waals surface area contributed by atoms with Gasteiger partial charge in [0, 0.05) is 29.1 Å². The van der Waals surface area contributed by atoms with Crippen molar-refractivity contribution in [1.82, 2.24) is 4.72 Å². The van der Waals surface area contributed by atoms with Gasteiger partial charge in [-0.1, -0.05) is 30.5 Å². The highest BCUT2D eigenvalue weighted by molar-refractivity contribution is 7.91. The highest BCUT2D eigenvalue weighted by Crippen LogP contribution is 2.47. The van der Waals surface area contributed by atoms with Crippen LogP contribution in [0.3, 0.4) is 0 Å². The number of aliphatic hydroxyl groups excluding tert-OH is 1. The molecule has 2 heterocycles. The van der Waals surface area contributed by atoms with Crippen LogP contribution in [0, 0.1) is 11.8 Å². The lowest BCUT2D eigenvalue weighted by Gasteiger charge is -2.45. The number of hydrogen-bond acceptors (Lipinski definition) is 6. The SMILES string of the molecule is CC1(C)CCCC[C@H](O)[C@@H]2CC[C@H]2CN2C[C@@]3(CCCc4cc(Cl)ccc43)COc3ccc(cc32)C(=O)NS1(=O)=O. The predicted molar refractivity (Wildman–Crippen MR) is 161 cm³/mol. The van der Waals surface area contributed by atoms with Gasteiger partial charge in [-0.15, -0.1) is 0 Å².